The van der Waals surface area contributed by atoms with Gasteiger partial charge in [0, 0.05) is 22.6 Å². The first kappa shape index (κ1) is 16.5. The molecule has 0 radical (unpaired) electrons. The molecular formula is C20H24N2O2. The number of hydrogen-bond donors (Lipinski definition) is 3. The highest BCUT2D eigenvalue weighted by atomic mass is 16.3. The standard InChI is InChI=1S/C20H24N2O2/c1-13(2)10-11-20(24)17-12-16(8-9-18(17)22-19(20)23)21-15-6-4-14(3)5-7-15/h4-9,12-13,21,24H,10-11H2,1-3H3,(H,22,23). The Hall–Kier alpha value is -2.33. The van der Waals surface area contributed by atoms with E-state index < -0.39 is 5.60 Å². The maximum Gasteiger partial charge on any atom is 0.261 e. The third-order valence-electron chi connectivity index (χ3n) is 4.51. The molecule has 1 heterocycles. The van der Waals surface area contributed by atoms with Crippen LogP contribution < -0.4 is 10.6 Å². The zero-order chi connectivity index (χ0) is 17.3. The van der Waals surface area contributed by atoms with Gasteiger partial charge in [0.1, 0.15) is 0 Å². The van der Waals surface area contributed by atoms with Gasteiger partial charge in [0.25, 0.3) is 5.91 Å². The molecular weight excluding hydrogens is 300 g/mol. The number of fused-ring (bicyclic) bond motifs is 1. The number of carbonyl (C=O) groups is 1. The lowest BCUT2D eigenvalue weighted by Crippen LogP contribution is -2.34. The van der Waals surface area contributed by atoms with Crippen molar-refractivity contribution >= 4 is 23.0 Å². The monoisotopic (exact) mass is 324 g/mol. The van der Waals surface area contributed by atoms with E-state index in [0.29, 0.717) is 23.6 Å². The van der Waals surface area contributed by atoms with Crippen LogP contribution in [0.25, 0.3) is 0 Å². The molecule has 0 fully saturated rings. The van der Waals surface area contributed by atoms with Crippen molar-refractivity contribution in [1.29, 1.82) is 0 Å². The van der Waals surface area contributed by atoms with E-state index in [1.54, 1.807) is 0 Å². The molecule has 3 N–H and O–H groups in total. The highest BCUT2D eigenvalue weighted by Gasteiger charge is 2.44. The number of hydrogen-bond acceptors (Lipinski definition) is 3. The molecule has 1 atom stereocenters. The molecule has 2 aromatic carbocycles. The molecule has 1 aliphatic rings. The zero-order valence-electron chi connectivity index (χ0n) is 14.4. The van der Waals surface area contributed by atoms with Gasteiger partial charge in [0.2, 0.25) is 0 Å². The predicted octanol–water partition coefficient (Wildman–Crippen LogP) is 4.31. The van der Waals surface area contributed by atoms with Gasteiger partial charge in [-0.2, -0.15) is 0 Å². The topological polar surface area (TPSA) is 61.4 Å². The molecule has 0 saturated carbocycles. The van der Waals surface area contributed by atoms with Crippen molar-refractivity contribution in [3.05, 3.63) is 53.6 Å². The average Bonchev–Trinajstić information content (AvgIpc) is 2.79. The molecule has 3 rings (SSSR count). The van der Waals surface area contributed by atoms with Gasteiger partial charge in [-0.3, -0.25) is 4.79 Å². The van der Waals surface area contributed by atoms with E-state index in [1.165, 1.54) is 5.56 Å². The Labute approximate surface area is 142 Å². The molecule has 4 heteroatoms. The summed E-state index contributed by atoms with van der Waals surface area (Å²) in [5.74, 6) is 0.102. The molecule has 0 saturated heterocycles. The van der Waals surface area contributed by atoms with E-state index in [9.17, 15) is 9.90 Å². The van der Waals surface area contributed by atoms with Crippen molar-refractivity contribution < 1.29 is 9.90 Å². The van der Waals surface area contributed by atoms with E-state index in [0.717, 1.165) is 17.8 Å². The van der Waals surface area contributed by atoms with Crippen molar-refractivity contribution in [1.82, 2.24) is 0 Å². The van der Waals surface area contributed by atoms with Gasteiger partial charge < -0.3 is 15.7 Å². The van der Waals surface area contributed by atoms with E-state index in [2.05, 4.69) is 24.5 Å². The van der Waals surface area contributed by atoms with Crippen molar-refractivity contribution in [3.8, 4) is 0 Å². The molecule has 0 aliphatic carbocycles. The molecule has 0 bridgehead atoms. The summed E-state index contributed by atoms with van der Waals surface area (Å²) in [5, 5.41) is 17.1. The third kappa shape index (κ3) is 3.15. The van der Waals surface area contributed by atoms with Crippen LogP contribution in [0.2, 0.25) is 0 Å². The number of aliphatic hydroxyl groups is 1. The summed E-state index contributed by atoms with van der Waals surface area (Å²) in [6.45, 7) is 6.23. The van der Waals surface area contributed by atoms with Gasteiger partial charge in [-0.1, -0.05) is 31.5 Å². The first-order valence-corrected chi connectivity index (χ1v) is 8.40. The van der Waals surface area contributed by atoms with Crippen LogP contribution in [-0.2, 0) is 10.4 Å². The highest BCUT2D eigenvalue weighted by molar-refractivity contribution is 6.05. The Balaban J connectivity index is 1.88. The van der Waals surface area contributed by atoms with E-state index in [-0.39, 0.29) is 5.91 Å². The van der Waals surface area contributed by atoms with Crippen LogP contribution in [0.1, 0.15) is 37.8 Å². The summed E-state index contributed by atoms with van der Waals surface area (Å²) >= 11 is 0. The van der Waals surface area contributed by atoms with E-state index >= 15 is 0 Å². The Kier molecular flexibility index (Phi) is 4.33. The predicted molar refractivity (Wildman–Crippen MR) is 97.5 cm³/mol. The molecule has 1 aliphatic heterocycles. The number of nitrogens with one attached hydrogen (secondary N) is 2. The summed E-state index contributed by atoms with van der Waals surface area (Å²) in [6.07, 6.45) is 1.22. The molecule has 126 valence electrons. The highest BCUT2D eigenvalue weighted by Crippen LogP contribution is 2.41. The van der Waals surface area contributed by atoms with Crippen LogP contribution in [-0.4, -0.2) is 11.0 Å². The molecule has 0 spiro atoms. The fourth-order valence-electron chi connectivity index (χ4n) is 2.97. The maximum atomic E-state index is 12.3. The van der Waals surface area contributed by atoms with Crippen molar-refractivity contribution in [2.75, 3.05) is 10.6 Å². The van der Waals surface area contributed by atoms with E-state index in [4.69, 9.17) is 0 Å². The Morgan fingerprint density at radius 1 is 1.12 bits per heavy atom. The second-order valence-corrected chi connectivity index (χ2v) is 7.00. The van der Waals surface area contributed by atoms with Gasteiger partial charge in [0.15, 0.2) is 5.60 Å². The molecule has 4 nitrogen and oxygen atoms in total. The lowest BCUT2D eigenvalue weighted by molar-refractivity contribution is -0.134. The minimum absolute atomic E-state index is 0.328. The first-order chi connectivity index (χ1) is 11.4. The summed E-state index contributed by atoms with van der Waals surface area (Å²) in [6, 6.07) is 13.7. The zero-order valence-corrected chi connectivity index (χ0v) is 14.4. The number of rotatable bonds is 5. The summed E-state index contributed by atoms with van der Waals surface area (Å²) in [4.78, 5) is 12.3. The fraction of sp³-hybridized carbons (Fsp3) is 0.350. The van der Waals surface area contributed by atoms with E-state index in [1.807, 2.05) is 49.4 Å². The quantitative estimate of drug-likeness (QED) is 0.768. The summed E-state index contributed by atoms with van der Waals surface area (Å²) in [7, 11) is 0. The second-order valence-electron chi connectivity index (χ2n) is 7.00. The number of carbonyl (C=O) groups excluding carboxylic acids is 1. The number of benzene rings is 2. The molecule has 2 aromatic rings. The van der Waals surface area contributed by atoms with Gasteiger partial charge in [-0.15, -0.1) is 0 Å². The Bertz CT molecular complexity index is 753. The largest absolute Gasteiger partial charge is 0.375 e. The van der Waals surface area contributed by atoms with Crippen molar-refractivity contribution in [2.24, 2.45) is 5.92 Å². The third-order valence-corrected chi connectivity index (χ3v) is 4.51. The second kappa shape index (κ2) is 6.29. The lowest BCUT2D eigenvalue weighted by Gasteiger charge is -2.22. The number of anilines is 3. The minimum atomic E-state index is -1.44. The normalized spacial score (nSPS) is 19.3. The van der Waals surface area contributed by atoms with Crippen LogP contribution in [0.4, 0.5) is 17.1 Å². The van der Waals surface area contributed by atoms with Crippen molar-refractivity contribution in [2.45, 2.75) is 39.2 Å². The molecule has 1 amide bonds. The molecule has 1 unspecified atom stereocenters. The summed E-state index contributed by atoms with van der Waals surface area (Å²) < 4.78 is 0. The van der Waals surface area contributed by atoms with Crippen LogP contribution in [0.15, 0.2) is 42.5 Å². The van der Waals surface area contributed by atoms with Crippen LogP contribution in [0.5, 0.6) is 0 Å². The average molecular weight is 324 g/mol. The maximum absolute atomic E-state index is 12.3. The molecule has 0 aromatic heterocycles. The smallest absolute Gasteiger partial charge is 0.261 e. The van der Waals surface area contributed by atoms with Gasteiger partial charge in [-0.25, -0.2) is 0 Å². The Morgan fingerprint density at radius 3 is 2.46 bits per heavy atom. The fourth-order valence-corrected chi connectivity index (χ4v) is 2.97. The number of amides is 1. The van der Waals surface area contributed by atoms with Gasteiger partial charge in [0.05, 0.1) is 0 Å². The van der Waals surface area contributed by atoms with Gasteiger partial charge >= 0.3 is 0 Å². The lowest BCUT2D eigenvalue weighted by atomic mass is 9.87. The van der Waals surface area contributed by atoms with Crippen LogP contribution in [0, 0.1) is 12.8 Å². The minimum Gasteiger partial charge on any atom is -0.375 e. The van der Waals surface area contributed by atoms with Crippen LogP contribution in [0.3, 0.4) is 0 Å². The van der Waals surface area contributed by atoms with Gasteiger partial charge in [-0.05, 0) is 56.0 Å². The SMILES string of the molecule is Cc1ccc(Nc2ccc3c(c2)C(O)(CCC(C)C)C(=O)N3)cc1. The Morgan fingerprint density at radius 2 is 1.79 bits per heavy atom. The number of aryl methyl sites for hydroxylation is 1. The summed E-state index contributed by atoms with van der Waals surface area (Å²) in [5.41, 5.74) is 2.95. The molecule has 24 heavy (non-hydrogen) atoms. The van der Waals surface area contributed by atoms with Crippen molar-refractivity contribution in [3.63, 3.8) is 0 Å². The first-order valence-electron chi connectivity index (χ1n) is 8.40. The van der Waals surface area contributed by atoms with Crippen LogP contribution >= 0.6 is 0 Å².